The van der Waals surface area contributed by atoms with E-state index in [2.05, 4.69) is 15.0 Å². The average molecular weight is 803 g/mol. The molecule has 1 aliphatic rings. The van der Waals surface area contributed by atoms with Crippen LogP contribution in [0, 0.1) is 20.8 Å². The number of hydrogen-bond acceptors (Lipinski definition) is 10. The molecular weight excluding hydrogens is 757 g/mol. The number of amides is 1. The molecule has 5 rings (SSSR count). The third-order valence-corrected chi connectivity index (χ3v) is 11.3. The minimum absolute atomic E-state index is 0.00721. The predicted molar refractivity (Wildman–Crippen MR) is 214 cm³/mol. The molecule has 13 nitrogen and oxygen atoms in total. The highest BCUT2D eigenvalue weighted by Crippen LogP contribution is 2.44. The first-order chi connectivity index (χ1) is 26.6. The molecule has 4 aromatic rings. The lowest BCUT2D eigenvalue weighted by Crippen LogP contribution is -2.45. The van der Waals surface area contributed by atoms with Gasteiger partial charge in [0.2, 0.25) is 5.96 Å². The number of carbonyl (C=O) groups is 2. The first-order valence-corrected chi connectivity index (χ1v) is 21.2. The predicted octanol–water partition coefficient (Wildman–Crippen LogP) is 5.54. The van der Waals surface area contributed by atoms with Crippen LogP contribution < -0.4 is 15.8 Å². The van der Waals surface area contributed by atoms with Crippen molar-refractivity contribution in [1.29, 1.82) is 0 Å². The lowest BCUT2D eigenvalue weighted by atomic mass is 9.98. The van der Waals surface area contributed by atoms with Crippen molar-refractivity contribution in [3.8, 4) is 11.1 Å². The number of hydrogen-bond donors (Lipinski definition) is 3. The first-order valence-electron chi connectivity index (χ1n) is 17.9. The molecule has 296 valence electrons. The quantitative estimate of drug-likeness (QED) is 0.0324. The summed E-state index contributed by atoms with van der Waals surface area (Å²) in [5.41, 5.74) is 12.9. The molecule has 0 saturated heterocycles. The van der Waals surface area contributed by atoms with Gasteiger partial charge in [0.1, 0.15) is 19.3 Å². The zero-order valence-corrected chi connectivity index (χ0v) is 33.2. The maximum Gasteiger partial charge on any atom is 0.407 e. The number of benzene rings is 4. The highest BCUT2D eigenvalue weighted by Gasteiger charge is 2.31. The molecule has 1 amide bonds. The molecule has 0 heterocycles. The second kappa shape index (κ2) is 18.4. The number of carbonyl (C=O) groups excluding carboxylic acids is 2. The maximum absolute atomic E-state index is 13.4. The number of sulfonamides is 1. The fourth-order valence-corrected chi connectivity index (χ4v) is 8.83. The monoisotopic (exact) mass is 802 g/mol. The van der Waals surface area contributed by atoms with Crippen LogP contribution in [-0.2, 0) is 45.2 Å². The van der Waals surface area contributed by atoms with E-state index in [0.29, 0.717) is 11.1 Å². The van der Waals surface area contributed by atoms with Gasteiger partial charge in [0.15, 0.2) is 0 Å². The van der Waals surface area contributed by atoms with E-state index in [0.717, 1.165) is 45.7 Å². The summed E-state index contributed by atoms with van der Waals surface area (Å²) in [6.45, 7) is 5.21. The number of rotatable bonds is 16. The van der Waals surface area contributed by atoms with E-state index >= 15 is 0 Å². The van der Waals surface area contributed by atoms with Crippen LogP contribution in [0.3, 0.4) is 0 Å². The Kier molecular flexibility index (Phi) is 13.7. The highest BCUT2D eigenvalue weighted by molar-refractivity contribution is 7.90. The molecule has 56 heavy (non-hydrogen) atoms. The molecule has 2 atom stereocenters. The van der Waals surface area contributed by atoms with Gasteiger partial charge in [0.25, 0.3) is 20.1 Å². The molecule has 0 fully saturated rings. The molecule has 15 heteroatoms. The molecule has 0 unspecified atom stereocenters. The van der Waals surface area contributed by atoms with Crippen molar-refractivity contribution in [3.63, 3.8) is 0 Å². The Hall–Kier alpha value is -5.51. The van der Waals surface area contributed by atoms with E-state index < -0.39 is 44.3 Å². The van der Waals surface area contributed by atoms with Crippen molar-refractivity contribution < 1.29 is 40.1 Å². The smallest absolute Gasteiger partial charge is 0.407 e. The number of aryl methyl sites for hydroxylation is 3. The van der Waals surface area contributed by atoms with Gasteiger partial charge in [-0.3, -0.25) is 9.18 Å². The first kappa shape index (κ1) is 41.6. The van der Waals surface area contributed by atoms with Crippen LogP contribution in [0.5, 0.6) is 0 Å². The SMILES string of the molecule is Cc1cc(C)c(S(=O)(=O)NC(N)=NCCC[C@H](NC(=O)OCC2c3ccccc3-c3ccccc32)[C@H](/C=C/C(=O)OCc2ccccc2)OS(C)(=O)=O)c(C)c1. The van der Waals surface area contributed by atoms with Crippen molar-refractivity contribution in [3.05, 3.63) is 137 Å². The van der Waals surface area contributed by atoms with Crippen LogP contribution in [0.1, 0.15) is 52.1 Å². The summed E-state index contributed by atoms with van der Waals surface area (Å²) < 4.78 is 69.9. The van der Waals surface area contributed by atoms with Gasteiger partial charge in [-0.15, -0.1) is 0 Å². The van der Waals surface area contributed by atoms with Gasteiger partial charge >= 0.3 is 12.1 Å². The molecule has 0 radical (unpaired) electrons. The summed E-state index contributed by atoms with van der Waals surface area (Å²) in [4.78, 5) is 30.4. The summed E-state index contributed by atoms with van der Waals surface area (Å²) in [5.74, 6) is -1.35. The van der Waals surface area contributed by atoms with E-state index in [1.165, 1.54) is 6.08 Å². The zero-order valence-electron chi connectivity index (χ0n) is 31.6. The number of esters is 1. The molecule has 1 aliphatic carbocycles. The Bertz CT molecular complexity index is 2260. The minimum Gasteiger partial charge on any atom is -0.458 e. The summed E-state index contributed by atoms with van der Waals surface area (Å²) in [6.07, 6.45) is 1.08. The molecule has 0 bridgehead atoms. The third kappa shape index (κ3) is 11.3. The van der Waals surface area contributed by atoms with Gasteiger partial charge in [-0.1, -0.05) is 96.6 Å². The largest absolute Gasteiger partial charge is 0.458 e. The zero-order chi connectivity index (χ0) is 40.5. The molecule has 0 saturated carbocycles. The number of aliphatic imine (C=N–C) groups is 1. The Morgan fingerprint density at radius 2 is 1.45 bits per heavy atom. The van der Waals surface area contributed by atoms with Crippen LogP contribution in [0.25, 0.3) is 11.1 Å². The molecule has 0 aliphatic heterocycles. The van der Waals surface area contributed by atoms with Crippen LogP contribution >= 0.6 is 0 Å². The van der Waals surface area contributed by atoms with Crippen LogP contribution in [-0.4, -0.2) is 66.4 Å². The number of alkyl carbamates (subject to hydrolysis) is 1. The third-order valence-electron chi connectivity index (χ3n) is 9.04. The normalized spacial score (nSPS) is 14.1. The fourth-order valence-electron chi connectivity index (χ4n) is 6.82. The van der Waals surface area contributed by atoms with Crippen molar-refractivity contribution in [2.24, 2.45) is 10.7 Å². The number of nitrogens with two attached hydrogens (primary N) is 1. The minimum atomic E-state index is -4.12. The number of guanidine groups is 1. The second-order valence-electron chi connectivity index (χ2n) is 13.5. The Morgan fingerprint density at radius 3 is 2.05 bits per heavy atom. The lowest BCUT2D eigenvalue weighted by molar-refractivity contribution is -0.139. The van der Waals surface area contributed by atoms with Crippen molar-refractivity contribution >= 4 is 38.2 Å². The summed E-state index contributed by atoms with van der Waals surface area (Å²) >= 11 is 0. The van der Waals surface area contributed by atoms with E-state index in [9.17, 15) is 26.4 Å². The van der Waals surface area contributed by atoms with Crippen LogP contribution in [0.2, 0.25) is 0 Å². The number of ether oxygens (including phenoxy) is 2. The van der Waals surface area contributed by atoms with E-state index in [1.807, 2.05) is 61.5 Å². The topological polar surface area (TPSA) is 193 Å². The van der Waals surface area contributed by atoms with E-state index in [4.69, 9.17) is 19.4 Å². The van der Waals surface area contributed by atoms with Gasteiger partial charge in [-0.2, -0.15) is 8.42 Å². The molecule has 4 N–H and O–H groups in total. The molecule has 0 spiro atoms. The van der Waals surface area contributed by atoms with Crippen molar-refractivity contribution in [2.75, 3.05) is 19.4 Å². The van der Waals surface area contributed by atoms with Gasteiger partial charge in [0, 0.05) is 18.5 Å². The van der Waals surface area contributed by atoms with Gasteiger partial charge in [-0.25, -0.2) is 22.7 Å². The molecule has 0 aromatic heterocycles. The second-order valence-corrected chi connectivity index (χ2v) is 16.8. The lowest BCUT2D eigenvalue weighted by Gasteiger charge is -2.25. The van der Waals surface area contributed by atoms with E-state index in [-0.39, 0.29) is 49.4 Å². The summed E-state index contributed by atoms with van der Waals surface area (Å²) in [7, 11) is -8.17. The molecule has 4 aromatic carbocycles. The number of nitrogens with zero attached hydrogens (tertiary/aromatic N) is 1. The number of nitrogens with one attached hydrogen (secondary N) is 2. The van der Waals surface area contributed by atoms with Gasteiger partial charge < -0.3 is 20.5 Å². The summed E-state index contributed by atoms with van der Waals surface area (Å²) in [5, 5.41) is 2.71. The maximum atomic E-state index is 13.4. The van der Waals surface area contributed by atoms with Crippen LogP contribution in [0.4, 0.5) is 4.79 Å². The van der Waals surface area contributed by atoms with Crippen molar-refractivity contribution in [2.45, 2.75) is 63.2 Å². The standard InChI is InChI=1S/C41H46N4O9S2/c1-27-23-28(2)39(29(3)24-27)56(50,51)45-40(42)43-22-12-19-36(37(54-55(4,48)49)20-21-38(46)52-25-30-13-6-5-7-14-30)44-41(47)53-26-35-33-17-10-8-15-31(33)32-16-9-11-18-34(32)35/h5-11,13-18,20-21,23-24,35-37H,12,19,22,25-26H2,1-4H3,(H,44,47)(H3,42,43,45)/b21-20+/t36-,37-/m0/s1. The highest BCUT2D eigenvalue weighted by atomic mass is 32.2. The average Bonchev–Trinajstić information content (AvgIpc) is 3.45. The van der Waals surface area contributed by atoms with E-state index in [1.54, 1.807) is 50.2 Å². The Labute approximate surface area is 328 Å². The Balaban J connectivity index is 1.31. The fraction of sp³-hybridized carbons (Fsp3) is 0.293. The molecular formula is C41H46N4O9S2. The Morgan fingerprint density at radius 1 is 0.857 bits per heavy atom. The van der Waals surface area contributed by atoms with Crippen molar-refractivity contribution in [1.82, 2.24) is 10.0 Å². The number of fused-ring (bicyclic) bond motifs is 3. The van der Waals surface area contributed by atoms with Crippen LogP contribution in [0.15, 0.2) is 113 Å². The summed E-state index contributed by atoms with van der Waals surface area (Å²) in [6, 6.07) is 27.2. The van der Waals surface area contributed by atoms with Gasteiger partial charge in [0.05, 0.1) is 17.2 Å². The van der Waals surface area contributed by atoms with Gasteiger partial charge in [-0.05, 0) is 78.6 Å².